The number of thiophene rings is 1. The van der Waals surface area contributed by atoms with Gasteiger partial charge in [-0.05, 0) is 17.0 Å². The molecule has 0 radical (unpaired) electrons. The highest BCUT2D eigenvalue weighted by Gasteiger charge is 2.11. The summed E-state index contributed by atoms with van der Waals surface area (Å²) in [5.41, 5.74) is 6.44. The van der Waals surface area contributed by atoms with E-state index in [1.165, 1.54) is 11.3 Å². The summed E-state index contributed by atoms with van der Waals surface area (Å²) in [5.74, 6) is 0. The highest BCUT2D eigenvalue weighted by molar-refractivity contribution is 7.10. The normalized spacial score (nSPS) is 11.6. The Morgan fingerprint density at radius 2 is 2.33 bits per heavy atom. The zero-order valence-corrected chi connectivity index (χ0v) is 7.14. The van der Waals surface area contributed by atoms with Gasteiger partial charge in [0.25, 0.3) is 0 Å². The van der Waals surface area contributed by atoms with E-state index in [9.17, 15) is 0 Å². The van der Waals surface area contributed by atoms with Gasteiger partial charge in [0.05, 0.1) is 12.5 Å². The summed E-state index contributed by atoms with van der Waals surface area (Å²) in [7, 11) is 0. The molecule has 0 aromatic carbocycles. The van der Waals surface area contributed by atoms with Crippen LogP contribution in [0, 0.1) is 22.7 Å². The van der Waals surface area contributed by atoms with Gasteiger partial charge in [-0.1, -0.05) is 0 Å². The lowest BCUT2D eigenvalue weighted by Crippen LogP contribution is -2.09. The maximum Gasteiger partial charge on any atom is 0.110 e. The minimum atomic E-state index is -0.323. The summed E-state index contributed by atoms with van der Waals surface area (Å²) in [6.45, 7) is 0. The van der Waals surface area contributed by atoms with Crippen LogP contribution in [0.25, 0.3) is 0 Å². The summed E-state index contributed by atoms with van der Waals surface area (Å²) < 4.78 is 0. The van der Waals surface area contributed by atoms with Crippen LogP contribution in [0.2, 0.25) is 0 Å². The second kappa shape index (κ2) is 3.87. The zero-order valence-electron chi connectivity index (χ0n) is 6.32. The molecule has 0 amide bonds. The molecule has 0 unspecified atom stereocenters. The molecule has 1 aromatic heterocycles. The van der Waals surface area contributed by atoms with Crippen LogP contribution in [0.4, 0.5) is 0 Å². The number of nitrogens with two attached hydrogens (primary N) is 1. The molecule has 2 N–H and O–H groups in total. The van der Waals surface area contributed by atoms with E-state index < -0.39 is 0 Å². The number of hydrogen-bond donors (Lipinski definition) is 1. The Labute approximate surface area is 74.7 Å². The topological polar surface area (TPSA) is 73.6 Å². The Bertz CT molecular complexity index is 342. The van der Waals surface area contributed by atoms with Crippen molar-refractivity contribution in [3.05, 3.63) is 21.9 Å². The van der Waals surface area contributed by atoms with Gasteiger partial charge in [-0.3, -0.25) is 0 Å². The first kappa shape index (κ1) is 8.73. The van der Waals surface area contributed by atoms with Gasteiger partial charge in [0.2, 0.25) is 0 Å². The first-order valence-electron chi connectivity index (χ1n) is 3.39. The summed E-state index contributed by atoms with van der Waals surface area (Å²) in [4.78, 5) is 0.609. The van der Waals surface area contributed by atoms with Crippen LogP contribution in [0.3, 0.4) is 0 Å². The van der Waals surface area contributed by atoms with Crippen molar-refractivity contribution in [2.75, 3.05) is 0 Å². The Hall–Kier alpha value is -1.36. The lowest BCUT2D eigenvalue weighted by Gasteiger charge is -2.03. The largest absolute Gasteiger partial charge is 0.323 e. The second-order valence-corrected chi connectivity index (χ2v) is 3.20. The molecule has 0 aliphatic heterocycles. The van der Waals surface area contributed by atoms with Crippen LogP contribution in [-0.2, 0) is 0 Å². The third-order valence-electron chi connectivity index (χ3n) is 1.51. The summed E-state index contributed by atoms with van der Waals surface area (Å²) in [5, 5.41) is 18.8. The third-order valence-corrected chi connectivity index (χ3v) is 2.34. The molecule has 1 atom stereocenters. The van der Waals surface area contributed by atoms with Gasteiger partial charge in [0.15, 0.2) is 0 Å². The molecular formula is C8H7N3S. The highest BCUT2D eigenvalue weighted by atomic mass is 32.1. The van der Waals surface area contributed by atoms with Crippen LogP contribution >= 0.6 is 11.3 Å². The highest BCUT2D eigenvalue weighted by Crippen LogP contribution is 2.22. The monoisotopic (exact) mass is 177 g/mol. The van der Waals surface area contributed by atoms with Crippen LogP contribution in [0.1, 0.15) is 22.9 Å². The molecule has 12 heavy (non-hydrogen) atoms. The maximum atomic E-state index is 8.65. The van der Waals surface area contributed by atoms with E-state index >= 15 is 0 Å². The minimum Gasteiger partial charge on any atom is -0.323 e. The number of hydrogen-bond acceptors (Lipinski definition) is 4. The van der Waals surface area contributed by atoms with Crippen LogP contribution in [0.5, 0.6) is 0 Å². The molecule has 0 bridgehead atoms. The van der Waals surface area contributed by atoms with Crippen molar-refractivity contribution in [3.63, 3.8) is 0 Å². The molecular weight excluding hydrogens is 170 g/mol. The van der Waals surface area contributed by atoms with Crippen LogP contribution in [0.15, 0.2) is 11.4 Å². The van der Waals surface area contributed by atoms with Crippen molar-refractivity contribution in [2.24, 2.45) is 5.73 Å². The van der Waals surface area contributed by atoms with E-state index in [0.29, 0.717) is 4.88 Å². The predicted molar refractivity (Wildman–Crippen MR) is 46.2 cm³/mol. The fraction of sp³-hybridized carbons (Fsp3) is 0.250. The Kier molecular flexibility index (Phi) is 2.82. The first-order chi connectivity index (χ1) is 5.79. The molecule has 1 aromatic rings. The van der Waals surface area contributed by atoms with Crippen molar-refractivity contribution in [1.29, 1.82) is 10.5 Å². The Balaban J connectivity index is 2.89. The fourth-order valence-corrected chi connectivity index (χ4v) is 1.67. The zero-order chi connectivity index (χ0) is 8.97. The molecule has 0 fully saturated rings. The summed E-state index contributed by atoms with van der Waals surface area (Å²) in [6.07, 6.45) is 0.255. The van der Waals surface area contributed by atoms with Gasteiger partial charge in [-0.25, -0.2) is 0 Å². The molecule has 1 rings (SSSR count). The first-order valence-corrected chi connectivity index (χ1v) is 4.27. The van der Waals surface area contributed by atoms with E-state index in [0.717, 1.165) is 5.56 Å². The van der Waals surface area contributed by atoms with E-state index in [1.54, 1.807) is 6.07 Å². The van der Waals surface area contributed by atoms with E-state index in [-0.39, 0.29) is 12.5 Å². The number of nitriles is 2. The predicted octanol–water partition coefficient (Wildman–Crippen LogP) is 1.53. The molecule has 60 valence electrons. The molecule has 0 saturated heterocycles. The lowest BCUT2D eigenvalue weighted by atomic mass is 10.1. The molecule has 0 aliphatic carbocycles. The van der Waals surface area contributed by atoms with Crippen molar-refractivity contribution in [3.8, 4) is 12.1 Å². The van der Waals surface area contributed by atoms with Crippen molar-refractivity contribution in [2.45, 2.75) is 12.5 Å². The van der Waals surface area contributed by atoms with Gasteiger partial charge in [0, 0.05) is 6.04 Å². The molecule has 3 nitrogen and oxygen atoms in total. The van der Waals surface area contributed by atoms with Gasteiger partial charge in [0.1, 0.15) is 10.9 Å². The average molecular weight is 177 g/mol. The second-order valence-electron chi connectivity index (χ2n) is 2.29. The SMILES string of the molecule is N#CC[C@@H](N)c1ccsc1C#N. The molecule has 1 heterocycles. The molecule has 0 spiro atoms. The van der Waals surface area contributed by atoms with Crippen molar-refractivity contribution >= 4 is 11.3 Å². The average Bonchev–Trinajstić information content (AvgIpc) is 2.51. The summed E-state index contributed by atoms with van der Waals surface area (Å²) in [6, 6.07) is 5.49. The van der Waals surface area contributed by atoms with Gasteiger partial charge >= 0.3 is 0 Å². The third kappa shape index (κ3) is 1.62. The molecule has 0 saturated carbocycles. The quantitative estimate of drug-likeness (QED) is 0.744. The van der Waals surface area contributed by atoms with Crippen LogP contribution in [-0.4, -0.2) is 0 Å². The maximum absolute atomic E-state index is 8.65. The van der Waals surface area contributed by atoms with Gasteiger partial charge in [-0.2, -0.15) is 10.5 Å². The Morgan fingerprint density at radius 1 is 1.58 bits per heavy atom. The lowest BCUT2D eigenvalue weighted by molar-refractivity contribution is 0.750. The van der Waals surface area contributed by atoms with E-state index in [1.807, 2.05) is 17.5 Å². The van der Waals surface area contributed by atoms with Crippen LogP contribution < -0.4 is 5.73 Å². The standard InChI is InChI=1S/C8H7N3S/c9-3-1-7(11)6-2-4-12-8(6)5-10/h2,4,7H,1,11H2/t7-/m1/s1. The Morgan fingerprint density at radius 3 is 2.92 bits per heavy atom. The fourth-order valence-electron chi connectivity index (χ4n) is 0.910. The van der Waals surface area contributed by atoms with Crippen molar-refractivity contribution < 1.29 is 0 Å². The molecule has 0 aliphatic rings. The number of rotatable bonds is 2. The molecule has 4 heteroatoms. The minimum absolute atomic E-state index is 0.255. The van der Waals surface area contributed by atoms with E-state index in [4.69, 9.17) is 16.3 Å². The summed E-state index contributed by atoms with van der Waals surface area (Å²) >= 11 is 1.35. The number of nitrogens with zero attached hydrogens (tertiary/aromatic N) is 2. The van der Waals surface area contributed by atoms with Gasteiger partial charge < -0.3 is 5.73 Å². The van der Waals surface area contributed by atoms with Gasteiger partial charge in [-0.15, -0.1) is 11.3 Å². The van der Waals surface area contributed by atoms with Crippen molar-refractivity contribution in [1.82, 2.24) is 0 Å². The smallest absolute Gasteiger partial charge is 0.110 e. The van der Waals surface area contributed by atoms with E-state index in [2.05, 4.69) is 0 Å².